The molecule has 0 atom stereocenters. The largest absolute Gasteiger partial charge is 0.367 e. The molecule has 0 saturated carbocycles. The van der Waals surface area contributed by atoms with Crippen LogP contribution in [0, 0.1) is 5.82 Å². The van der Waals surface area contributed by atoms with Crippen molar-refractivity contribution in [3.63, 3.8) is 0 Å². The Morgan fingerprint density at radius 1 is 1.00 bits per heavy atom. The van der Waals surface area contributed by atoms with Crippen LogP contribution in [0.2, 0.25) is 0 Å². The maximum atomic E-state index is 13.9. The molecule has 6 nitrogen and oxygen atoms in total. The first-order valence-electron chi connectivity index (χ1n) is 9.44. The molecular formula is C21H24FN3O3S. The lowest BCUT2D eigenvalue weighted by Gasteiger charge is -2.35. The second-order valence-corrected chi connectivity index (χ2v) is 8.78. The van der Waals surface area contributed by atoms with Crippen molar-refractivity contribution < 1.29 is 17.6 Å². The Bertz CT molecular complexity index is 956. The number of carbonyl (C=O) groups excluding carboxylic acids is 1. The molecule has 3 rings (SSSR count). The van der Waals surface area contributed by atoms with Gasteiger partial charge in [-0.05, 0) is 23.8 Å². The van der Waals surface area contributed by atoms with Crippen LogP contribution >= 0.6 is 0 Å². The van der Waals surface area contributed by atoms with Gasteiger partial charge in [-0.3, -0.25) is 4.79 Å². The summed E-state index contributed by atoms with van der Waals surface area (Å²) in [5.74, 6) is -0.819. The highest BCUT2D eigenvalue weighted by atomic mass is 32.2. The summed E-state index contributed by atoms with van der Waals surface area (Å²) in [5.41, 5.74) is 1.38. The SMILES string of the molecule is O=C(C=Cc1ccccc1)NCCS(=O)(=O)N1CCN(c2ccccc2F)CC1. The molecule has 1 amide bonds. The second kappa shape index (κ2) is 9.67. The van der Waals surface area contributed by atoms with Crippen LogP contribution in [0.4, 0.5) is 10.1 Å². The molecule has 2 aromatic carbocycles. The fourth-order valence-electron chi connectivity index (χ4n) is 3.14. The van der Waals surface area contributed by atoms with Gasteiger partial charge in [0.25, 0.3) is 0 Å². The first-order chi connectivity index (χ1) is 14.0. The molecule has 0 aliphatic carbocycles. The molecule has 8 heteroatoms. The molecule has 1 aliphatic rings. The van der Waals surface area contributed by atoms with Crippen molar-refractivity contribution in [3.05, 3.63) is 72.1 Å². The number of nitrogens with zero attached hydrogens (tertiary/aromatic N) is 2. The normalized spacial score (nSPS) is 15.6. The highest BCUT2D eigenvalue weighted by molar-refractivity contribution is 7.89. The van der Waals surface area contributed by atoms with Crippen LogP contribution in [0.1, 0.15) is 5.56 Å². The van der Waals surface area contributed by atoms with Crippen LogP contribution in [-0.4, -0.2) is 57.1 Å². The minimum absolute atomic E-state index is 0.0355. The van der Waals surface area contributed by atoms with E-state index in [2.05, 4.69) is 5.32 Å². The fourth-order valence-corrected chi connectivity index (χ4v) is 4.48. The summed E-state index contributed by atoms with van der Waals surface area (Å²) in [6.45, 7) is 1.46. The molecule has 1 saturated heterocycles. The average molecular weight is 418 g/mol. The number of para-hydroxylation sites is 1. The summed E-state index contributed by atoms with van der Waals surface area (Å²) in [5, 5.41) is 2.60. The fraction of sp³-hybridized carbons (Fsp3) is 0.286. The Labute approximate surface area is 170 Å². The van der Waals surface area contributed by atoms with E-state index in [1.807, 2.05) is 35.2 Å². The predicted octanol–water partition coefficient (Wildman–Crippen LogP) is 2.11. The summed E-state index contributed by atoms with van der Waals surface area (Å²) in [4.78, 5) is 13.7. The van der Waals surface area contributed by atoms with Gasteiger partial charge in [-0.1, -0.05) is 42.5 Å². The Hall–Kier alpha value is -2.71. The van der Waals surface area contributed by atoms with Crippen molar-refractivity contribution in [2.24, 2.45) is 0 Å². The zero-order chi connectivity index (χ0) is 20.7. The molecule has 1 fully saturated rings. The number of carbonyl (C=O) groups is 1. The van der Waals surface area contributed by atoms with E-state index in [4.69, 9.17) is 0 Å². The summed E-state index contributed by atoms with van der Waals surface area (Å²) < 4.78 is 40.3. The van der Waals surface area contributed by atoms with Gasteiger partial charge in [0, 0.05) is 38.8 Å². The van der Waals surface area contributed by atoms with Crippen molar-refractivity contribution in [1.82, 2.24) is 9.62 Å². The van der Waals surface area contributed by atoms with Crippen LogP contribution < -0.4 is 10.2 Å². The van der Waals surface area contributed by atoms with E-state index in [9.17, 15) is 17.6 Å². The summed E-state index contributed by atoms with van der Waals surface area (Å²) >= 11 is 0. The molecule has 0 radical (unpaired) electrons. The monoisotopic (exact) mass is 417 g/mol. The van der Waals surface area contributed by atoms with Gasteiger partial charge >= 0.3 is 0 Å². The number of halogens is 1. The van der Waals surface area contributed by atoms with Crippen LogP contribution in [0.3, 0.4) is 0 Å². The first-order valence-corrected chi connectivity index (χ1v) is 11.0. The van der Waals surface area contributed by atoms with Crippen LogP contribution in [0.15, 0.2) is 60.7 Å². The van der Waals surface area contributed by atoms with E-state index < -0.39 is 10.0 Å². The lowest BCUT2D eigenvalue weighted by Crippen LogP contribution is -2.50. The lowest BCUT2D eigenvalue weighted by atomic mass is 10.2. The number of sulfonamides is 1. The van der Waals surface area contributed by atoms with Crippen molar-refractivity contribution in [2.75, 3.05) is 43.4 Å². The number of rotatable bonds is 7. The minimum Gasteiger partial charge on any atom is -0.367 e. The molecular weight excluding hydrogens is 393 g/mol. The number of benzene rings is 2. The molecule has 0 spiro atoms. The third-order valence-corrected chi connectivity index (χ3v) is 6.58. The van der Waals surface area contributed by atoms with E-state index in [-0.39, 0.29) is 24.0 Å². The Kier molecular flexibility index (Phi) is 7.00. The molecule has 2 aromatic rings. The Balaban J connectivity index is 1.45. The molecule has 0 aromatic heterocycles. The lowest BCUT2D eigenvalue weighted by molar-refractivity contribution is -0.116. The molecule has 0 bridgehead atoms. The molecule has 0 unspecified atom stereocenters. The van der Waals surface area contributed by atoms with Gasteiger partial charge in [-0.2, -0.15) is 4.31 Å². The molecule has 29 heavy (non-hydrogen) atoms. The smallest absolute Gasteiger partial charge is 0.244 e. The van der Waals surface area contributed by atoms with E-state index >= 15 is 0 Å². The summed E-state index contributed by atoms with van der Waals surface area (Å²) in [6.07, 6.45) is 3.06. The standard InChI is InChI=1S/C21H24FN3O3S/c22-19-8-4-5-9-20(19)24-13-15-25(16-14-24)29(27,28)17-12-23-21(26)11-10-18-6-2-1-3-7-18/h1-11H,12-17H2,(H,23,26). The minimum atomic E-state index is -3.49. The van der Waals surface area contributed by atoms with Crippen molar-refractivity contribution in [1.29, 1.82) is 0 Å². The zero-order valence-corrected chi connectivity index (χ0v) is 16.8. The van der Waals surface area contributed by atoms with Crippen LogP contribution in [0.5, 0.6) is 0 Å². The molecule has 1 N–H and O–H groups in total. The highest BCUT2D eigenvalue weighted by Gasteiger charge is 2.27. The van der Waals surface area contributed by atoms with E-state index in [0.29, 0.717) is 31.9 Å². The number of hydrogen-bond donors (Lipinski definition) is 1. The molecule has 1 heterocycles. The van der Waals surface area contributed by atoms with Crippen molar-refractivity contribution in [2.45, 2.75) is 0 Å². The van der Waals surface area contributed by atoms with Gasteiger partial charge in [0.05, 0.1) is 11.4 Å². The average Bonchev–Trinajstić information content (AvgIpc) is 2.73. The molecule has 154 valence electrons. The van der Waals surface area contributed by atoms with Gasteiger partial charge in [-0.25, -0.2) is 12.8 Å². The highest BCUT2D eigenvalue weighted by Crippen LogP contribution is 2.21. The molecule has 1 aliphatic heterocycles. The Morgan fingerprint density at radius 2 is 1.66 bits per heavy atom. The summed E-state index contributed by atoms with van der Waals surface area (Å²) in [6, 6.07) is 15.8. The van der Waals surface area contributed by atoms with Crippen LogP contribution in [-0.2, 0) is 14.8 Å². The van der Waals surface area contributed by atoms with Crippen molar-refractivity contribution in [3.8, 4) is 0 Å². The number of amides is 1. The second-order valence-electron chi connectivity index (χ2n) is 6.69. The van der Waals surface area contributed by atoms with Gasteiger partial charge in [0.15, 0.2) is 0 Å². The van der Waals surface area contributed by atoms with Gasteiger partial charge < -0.3 is 10.2 Å². The van der Waals surface area contributed by atoms with Crippen molar-refractivity contribution >= 4 is 27.7 Å². The van der Waals surface area contributed by atoms with Gasteiger partial charge in [0.2, 0.25) is 15.9 Å². The maximum Gasteiger partial charge on any atom is 0.244 e. The van der Waals surface area contributed by atoms with E-state index in [0.717, 1.165) is 5.56 Å². The van der Waals surface area contributed by atoms with E-state index in [1.165, 1.54) is 16.4 Å². The maximum absolute atomic E-state index is 13.9. The van der Waals surface area contributed by atoms with Crippen LogP contribution in [0.25, 0.3) is 6.08 Å². The number of nitrogens with one attached hydrogen (secondary N) is 1. The van der Waals surface area contributed by atoms with Gasteiger partial charge in [0.1, 0.15) is 5.82 Å². The topological polar surface area (TPSA) is 69.7 Å². The van der Waals surface area contributed by atoms with Gasteiger partial charge in [-0.15, -0.1) is 0 Å². The Morgan fingerprint density at radius 3 is 2.34 bits per heavy atom. The first kappa shape index (κ1) is 21.0. The number of anilines is 1. The third-order valence-electron chi connectivity index (χ3n) is 4.71. The zero-order valence-electron chi connectivity index (χ0n) is 16.0. The quantitative estimate of drug-likeness (QED) is 0.701. The van der Waals surface area contributed by atoms with E-state index in [1.54, 1.807) is 24.3 Å². The predicted molar refractivity (Wildman–Crippen MR) is 112 cm³/mol. The third kappa shape index (κ3) is 5.88. The summed E-state index contributed by atoms with van der Waals surface area (Å²) in [7, 11) is -3.49. The number of piperazine rings is 1. The number of hydrogen-bond acceptors (Lipinski definition) is 4.